The van der Waals surface area contributed by atoms with E-state index in [-0.39, 0.29) is 5.60 Å². The second kappa shape index (κ2) is 5.69. The predicted octanol–water partition coefficient (Wildman–Crippen LogP) is 2.66. The third-order valence-corrected chi connectivity index (χ3v) is 3.33. The van der Waals surface area contributed by atoms with Crippen LogP contribution in [0.4, 0.5) is 0 Å². The fourth-order valence-electron chi connectivity index (χ4n) is 2.22. The first-order valence-electron chi connectivity index (χ1n) is 6.30. The van der Waals surface area contributed by atoms with Crippen LogP contribution in [0.1, 0.15) is 39.0 Å². The highest BCUT2D eigenvalue weighted by Gasteiger charge is 2.28. The van der Waals surface area contributed by atoms with Gasteiger partial charge in [0.15, 0.2) is 0 Å². The highest BCUT2D eigenvalue weighted by molar-refractivity contribution is 5.02. The van der Waals surface area contributed by atoms with Crippen molar-refractivity contribution in [2.75, 3.05) is 26.4 Å². The maximum Gasteiger partial charge on any atom is 0.0920 e. The molecule has 1 unspecified atom stereocenters. The van der Waals surface area contributed by atoms with Crippen LogP contribution in [0.25, 0.3) is 0 Å². The lowest BCUT2D eigenvalue weighted by molar-refractivity contribution is -0.154. The molecule has 2 fully saturated rings. The fraction of sp³-hybridized carbons (Fsp3) is 0.846. The van der Waals surface area contributed by atoms with E-state index in [1.807, 2.05) is 6.26 Å². The Balaban J connectivity index is 1.64. The van der Waals surface area contributed by atoms with Gasteiger partial charge >= 0.3 is 0 Å². The zero-order chi connectivity index (χ0) is 11.3. The number of ether oxygens (including phenoxy) is 3. The Bertz CT molecular complexity index is 234. The molecule has 0 radical (unpaired) electrons. The predicted molar refractivity (Wildman–Crippen MR) is 62.3 cm³/mol. The van der Waals surface area contributed by atoms with E-state index in [4.69, 9.17) is 14.2 Å². The van der Waals surface area contributed by atoms with Crippen molar-refractivity contribution in [2.24, 2.45) is 0 Å². The molecule has 0 aromatic carbocycles. The van der Waals surface area contributed by atoms with Gasteiger partial charge in [0.25, 0.3) is 0 Å². The van der Waals surface area contributed by atoms with Gasteiger partial charge in [-0.15, -0.1) is 0 Å². The average molecular weight is 226 g/mol. The third kappa shape index (κ3) is 3.49. The van der Waals surface area contributed by atoms with E-state index in [2.05, 4.69) is 6.92 Å². The largest absolute Gasteiger partial charge is 0.501 e. The van der Waals surface area contributed by atoms with Gasteiger partial charge in [-0.05, 0) is 38.2 Å². The summed E-state index contributed by atoms with van der Waals surface area (Å²) in [4.78, 5) is 0. The number of allylic oxidation sites excluding steroid dienone is 1. The maximum atomic E-state index is 5.71. The summed E-state index contributed by atoms with van der Waals surface area (Å²) in [5, 5.41) is 0. The first-order valence-corrected chi connectivity index (χ1v) is 6.30. The zero-order valence-electron chi connectivity index (χ0n) is 10.2. The standard InChI is InChI=1S/C13H22O3/c1-13(11-15-8-9-16-13)6-7-14-10-12-4-2-3-5-12/h10H,2-9,11H2,1H3. The third-order valence-electron chi connectivity index (χ3n) is 3.33. The molecule has 0 spiro atoms. The molecule has 0 aromatic rings. The Morgan fingerprint density at radius 3 is 2.81 bits per heavy atom. The molecule has 1 heterocycles. The number of rotatable bonds is 4. The van der Waals surface area contributed by atoms with Crippen LogP contribution in [0.3, 0.4) is 0 Å². The summed E-state index contributed by atoms with van der Waals surface area (Å²) in [5.74, 6) is 0. The number of hydrogen-bond donors (Lipinski definition) is 0. The molecule has 0 N–H and O–H groups in total. The minimum absolute atomic E-state index is 0.146. The van der Waals surface area contributed by atoms with E-state index < -0.39 is 0 Å². The topological polar surface area (TPSA) is 27.7 Å². The quantitative estimate of drug-likeness (QED) is 0.545. The molecule has 0 amide bonds. The van der Waals surface area contributed by atoms with Crippen LogP contribution in [0, 0.1) is 0 Å². The van der Waals surface area contributed by atoms with Crippen molar-refractivity contribution in [3.8, 4) is 0 Å². The van der Waals surface area contributed by atoms with Crippen LogP contribution in [0.5, 0.6) is 0 Å². The smallest absolute Gasteiger partial charge is 0.0920 e. The molecule has 16 heavy (non-hydrogen) atoms. The van der Waals surface area contributed by atoms with Gasteiger partial charge in [0.1, 0.15) is 0 Å². The molecule has 1 atom stereocenters. The Morgan fingerprint density at radius 1 is 1.31 bits per heavy atom. The summed E-state index contributed by atoms with van der Waals surface area (Å²) in [6.45, 7) is 4.94. The minimum atomic E-state index is -0.146. The van der Waals surface area contributed by atoms with Crippen LogP contribution in [-0.4, -0.2) is 32.0 Å². The summed E-state index contributed by atoms with van der Waals surface area (Å²) in [6, 6.07) is 0. The summed E-state index contributed by atoms with van der Waals surface area (Å²) in [6.07, 6.45) is 7.94. The second-order valence-corrected chi connectivity index (χ2v) is 4.95. The van der Waals surface area contributed by atoms with Gasteiger partial charge in [-0.25, -0.2) is 0 Å². The van der Waals surface area contributed by atoms with Gasteiger partial charge in [0, 0.05) is 6.42 Å². The van der Waals surface area contributed by atoms with E-state index in [1.165, 1.54) is 31.3 Å². The molecule has 2 aliphatic rings. The highest BCUT2D eigenvalue weighted by atomic mass is 16.6. The Labute approximate surface area is 97.8 Å². The van der Waals surface area contributed by atoms with Crippen molar-refractivity contribution in [2.45, 2.75) is 44.6 Å². The van der Waals surface area contributed by atoms with E-state index in [1.54, 1.807) is 0 Å². The molecular weight excluding hydrogens is 204 g/mol. The molecule has 3 heteroatoms. The van der Waals surface area contributed by atoms with Crippen molar-refractivity contribution in [3.05, 3.63) is 11.8 Å². The molecule has 1 saturated heterocycles. The maximum absolute atomic E-state index is 5.71. The SMILES string of the molecule is CC1(CCOC=C2CCCC2)COCCO1. The normalized spacial score (nSPS) is 30.4. The van der Waals surface area contributed by atoms with E-state index in [0.29, 0.717) is 13.2 Å². The van der Waals surface area contributed by atoms with Gasteiger partial charge in [-0.1, -0.05) is 0 Å². The molecule has 1 saturated carbocycles. The van der Waals surface area contributed by atoms with Crippen molar-refractivity contribution in [3.63, 3.8) is 0 Å². The van der Waals surface area contributed by atoms with Gasteiger partial charge in [-0.3, -0.25) is 0 Å². The molecule has 0 aromatic heterocycles. The van der Waals surface area contributed by atoms with Crippen LogP contribution in [-0.2, 0) is 14.2 Å². The van der Waals surface area contributed by atoms with Crippen LogP contribution in [0.15, 0.2) is 11.8 Å². The van der Waals surface area contributed by atoms with E-state index in [9.17, 15) is 0 Å². The lowest BCUT2D eigenvalue weighted by Crippen LogP contribution is -2.41. The van der Waals surface area contributed by atoms with Crippen molar-refractivity contribution >= 4 is 0 Å². The summed E-state index contributed by atoms with van der Waals surface area (Å²) in [5.41, 5.74) is 1.32. The van der Waals surface area contributed by atoms with Gasteiger partial charge in [0.05, 0.1) is 38.3 Å². The van der Waals surface area contributed by atoms with Crippen LogP contribution >= 0.6 is 0 Å². The molecule has 1 aliphatic heterocycles. The highest BCUT2D eigenvalue weighted by Crippen LogP contribution is 2.24. The molecule has 2 rings (SSSR count). The van der Waals surface area contributed by atoms with E-state index in [0.717, 1.165) is 19.6 Å². The summed E-state index contributed by atoms with van der Waals surface area (Å²) in [7, 11) is 0. The summed E-state index contributed by atoms with van der Waals surface area (Å²) >= 11 is 0. The molecule has 0 bridgehead atoms. The fourth-order valence-corrected chi connectivity index (χ4v) is 2.22. The van der Waals surface area contributed by atoms with Crippen LogP contribution in [0.2, 0.25) is 0 Å². The van der Waals surface area contributed by atoms with Crippen molar-refractivity contribution in [1.29, 1.82) is 0 Å². The number of hydrogen-bond acceptors (Lipinski definition) is 3. The Hall–Kier alpha value is -0.540. The van der Waals surface area contributed by atoms with E-state index >= 15 is 0 Å². The lowest BCUT2D eigenvalue weighted by Gasteiger charge is -2.33. The van der Waals surface area contributed by atoms with Crippen molar-refractivity contribution in [1.82, 2.24) is 0 Å². The van der Waals surface area contributed by atoms with Gasteiger partial charge in [0.2, 0.25) is 0 Å². The van der Waals surface area contributed by atoms with Gasteiger partial charge < -0.3 is 14.2 Å². The first-order chi connectivity index (χ1) is 7.79. The molecule has 3 nitrogen and oxygen atoms in total. The zero-order valence-corrected chi connectivity index (χ0v) is 10.2. The summed E-state index contributed by atoms with van der Waals surface area (Å²) < 4.78 is 16.7. The van der Waals surface area contributed by atoms with Crippen molar-refractivity contribution < 1.29 is 14.2 Å². The molecule has 1 aliphatic carbocycles. The molecular formula is C13H22O3. The lowest BCUT2D eigenvalue weighted by atomic mass is 10.0. The Morgan fingerprint density at radius 2 is 2.12 bits per heavy atom. The second-order valence-electron chi connectivity index (χ2n) is 4.95. The Kier molecular flexibility index (Phi) is 4.24. The minimum Gasteiger partial charge on any atom is -0.501 e. The molecule has 92 valence electrons. The van der Waals surface area contributed by atoms with Crippen LogP contribution < -0.4 is 0 Å². The average Bonchev–Trinajstić information content (AvgIpc) is 2.78. The first kappa shape index (κ1) is 11.9. The monoisotopic (exact) mass is 226 g/mol. The van der Waals surface area contributed by atoms with Gasteiger partial charge in [-0.2, -0.15) is 0 Å².